The summed E-state index contributed by atoms with van der Waals surface area (Å²) in [6, 6.07) is 19.0. The van der Waals surface area contributed by atoms with Crippen LogP contribution in [0.2, 0.25) is 0 Å². The van der Waals surface area contributed by atoms with Crippen LogP contribution < -0.4 is 0 Å². The fourth-order valence-corrected chi connectivity index (χ4v) is 3.44. The third-order valence-electron chi connectivity index (χ3n) is 4.84. The van der Waals surface area contributed by atoms with Crippen LogP contribution in [0.15, 0.2) is 60.7 Å². The molecule has 23 heavy (non-hydrogen) atoms. The molecule has 0 aromatic heterocycles. The Bertz CT molecular complexity index is 608. The number of amides is 1. The molecule has 3 rings (SSSR count). The minimum atomic E-state index is -1.32. The Kier molecular flexibility index (Phi) is 4.49. The van der Waals surface area contributed by atoms with Crippen molar-refractivity contribution in [3.8, 4) is 0 Å². The van der Waals surface area contributed by atoms with Gasteiger partial charge in [-0.1, -0.05) is 67.6 Å². The van der Waals surface area contributed by atoms with Crippen LogP contribution in [0.25, 0.3) is 0 Å². The average Bonchev–Trinajstić information content (AvgIpc) is 3.16. The van der Waals surface area contributed by atoms with Crippen molar-refractivity contribution < 1.29 is 9.90 Å². The Labute approximate surface area is 137 Å². The summed E-state index contributed by atoms with van der Waals surface area (Å²) >= 11 is 0. The van der Waals surface area contributed by atoms with E-state index < -0.39 is 11.5 Å². The molecule has 1 unspecified atom stereocenters. The first kappa shape index (κ1) is 15.8. The first-order chi connectivity index (χ1) is 11.1. The highest BCUT2D eigenvalue weighted by Gasteiger charge is 2.43. The van der Waals surface area contributed by atoms with Gasteiger partial charge in [-0.15, -0.1) is 0 Å². The maximum Gasteiger partial charge on any atom is 0.229 e. The molecule has 120 valence electrons. The van der Waals surface area contributed by atoms with Crippen molar-refractivity contribution in [2.24, 2.45) is 5.92 Å². The van der Waals surface area contributed by atoms with Crippen molar-refractivity contribution >= 4 is 5.91 Å². The zero-order valence-electron chi connectivity index (χ0n) is 13.5. The van der Waals surface area contributed by atoms with E-state index >= 15 is 0 Å². The van der Waals surface area contributed by atoms with E-state index in [-0.39, 0.29) is 5.91 Å². The monoisotopic (exact) mass is 309 g/mol. The maximum absolute atomic E-state index is 12.9. The van der Waals surface area contributed by atoms with Gasteiger partial charge in [-0.3, -0.25) is 4.79 Å². The number of carbonyl (C=O) groups is 1. The van der Waals surface area contributed by atoms with Crippen LogP contribution in [0, 0.1) is 5.92 Å². The fraction of sp³-hybridized carbons (Fsp3) is 0.350. The van der Waals surface area contributed by atoms with Crippen LogP contribution in [-0.2, 0) is 10.4 Å². The molecule has 0 saturated carbocycles. The van der Waals surface area contributed by atoms with E-state index in [0.29, 0.717) is 0 Å². The van der Waals surface area contributed by atoms with E-state index in [4.69, 9.17) is 0 Å². The molecule has 1 fully saturated rings. The highest BCUT2D eigenvalue weighted by Crippen LogP contribution is 2.38. The molecular weight excluding hydrogens is 286 g/mol. The van der Waals surface area contributed by atoms with Gasteiger partial charge in [-0.25, -0.2) is 0 Å². The number of nitrogens with zero attached hydrogens (tertiary/aromatic N) is 1. The summed E-state index contributed by atoms with van der Waals surface area (Å²) in [5.74, 6) is -0.511. The second kappa shape index (κ2) is 6.55. The van der Waals surface area contributed by atoms with E-state index in [2.05, 4.69) is 0 Å². The van der Waals surface area contributed by atoms with E-state index in [9.17, 15) is 9.90 Å². The standard InChI is InChI=1S/C20H23NO2/c1-16(19(22)21-14-8-9-15-21)20(23,17-10-4-2-5-11-17)18-12-6-3-7-13-18/h2-7,10-13,16,23H,8-9,14-15H2,1H3. The Morgan fingerprint density at radius 2 is 1.39 bits per heavy atom. The van der Waals surface area contributed by atoms with Crippen molar-refractivity contribution in [3.63, 3.8) is 0 Å². The molecule has 0 bridgehead atoms. The summed E-state index contributed by atoms with van der Waals surface area (Å²) < 4.78 is 0. The first-order valence-electron chi connectivity index (χ1n) is 8.26. The third-order valence-corrected chi connectivity index (χ3v) is 4.84. The van der Waals surface area contributed by atoms with E-state index in [1.165, 1.54) is 0 Å². The smallest absolute Gasteiger partial charge is 0.229 e. The summed E-state index contributed by atoms with van der Waals surface area (Å²) in [5.41, 5.74) is 0.194. The Morgan fingerprint density at radius 3 is 1.83 bits per heavy atom. The van der Waals surface area contributed by atoms with Gasteiger partial charge in [0.05, 0.1) is 5.92 Å². The van der Waals surface area contributed by atoms with Gasteiger partial charge in [0, 0.05) is 13.1 Å². The molecule has 1 atom stereocenters. The van der Waals surface area contributed by atoms with Crippen LogP contribution in [-0.4, -0.2) is 29.0 Å². The summed E-state index contributed by atoms with van der Waals surface area (Å²) in [6.45, 7) is 3.42. The van der Waals surface area contributed by atoms with Crippen molar-refractivity contribution in [1.29, 1.82) is 0 Å². The molecule has 3 heteroatoms. The van der Waals surface area contributed by atoms with Crippen molar-refractivity contribution in [3.05, 3.63) is 71.8 Å². The van der Waals surface area contributed by atoms with Crippen molar-refractivity contribution in [1.82, 2.24) is 4.90 Å². The van der Waals surface area contributed by atoms with Gasteiger partial charge in [-0.05, 0) is 24.0 Å². The second-order valence-electron chi connectivity index (χ2n) is 6.25. The summed E-state index contributed by atoms with van der Waals surface area (Å²) in [6.07, 6.45) is 2.10. The number of hydrogen-bond acceptors (Lipinski definition) is 2. The van der Waals surface area contributed by atoms with Gasteiger partial charge < -0.3 is 10.0 Å². The molecule has 0 spiro atoms. The molecule has 1 aliphatic heterocycles. The predicted octanol–water partition coefficient (Wildman–Crippen LogP) is 3.18. The molecule has 1 saturated heterocycles. The Balaban J connectivity index is 2.03. The number of likely N-dealkylation sites (tertiary alicyclic amines) is 1. The van der Waals surface area contributed by atoms with Gasteiger partial charge in [0.25, 0.3) is 0 Å². The topological polar surface area (TPSA) is 40.5 Å². The van der Waals surface area contributed by atoms with Gasteiger partial charge in [-0.2, -0.15) is 0 Å². The predicted molar refractivity (Wildman–Crippen MR) is 90.9 cm³/mol. The lowest BCUT2D eigenvalue weighted by atomic mass is 9.76. The zero-order valence-corrected chi connectivity index (χ0v) is 13.5. The average molecular weight is 309 g/mol. The van der Waals surface area contributed by atoms with Crippen molar-refractivity contribution in [2.75, 3.05) is 13.1 Å². The van der Waals surface area contributed by atoms with Crippen LogP contribution in [0.5, 0.6) is 0 Å². The lowest BCUT2D eigenvalue weighted by Gasteiger charge is -2.36. The molecule has 1 amide bonds. The lowest BCUT2D eigenvalue weighted by Crippen LogP contribution is -2.45. The van der Waals surface area contributed by atoms with E-state index in [0.717, 1.165) is 37.1 Å². The van der Waals surface area contributed by atoms with Gasteiger partial charge in [0.15, 0.2) is 0 Å². The summed E-state index contributed by atoms with van der Waals surface area (Å²) in [4.78, 5) is 14.8. The Hall–Kier alpha value is -2.13. The van der Waals surface area contributed by atoms with Gasteiger partial charge >= 0.3 is 0 Å². The van der Waals surface area contributed by atoms with Gasteiger partial charge in [0.1, 0.15) is 5.60 Å². The van der Waals surface area contributed by atoms with E-state index in [1.807, 2.05) is 72.5 Å². The number of rotatable bonds is 4. The SMILES string of the molecule is CC(C(=O)N1CCCC1)C(O)(c1ccccc1)c1ccccc1. The molecule has 2 aromatic carbocycles. The molecule has 1 N–H and O–H groups in total. The second-order valence-corrected chi connectivity index (χ2v) is 6.25. The lowest BCUT2D eigenvalue weighted by molar-refractivity contribution is -0.141. The van der Waals surface area contributed by atoms with Crippen LogP contribution in [0.1, 0.15) is 30.9 Å². The molecule has 2 aromatic rings. The molecule has 0 aliphatic carbocycles. The fourth-order valence-electron chi connectivity index (χ4n) is 3.44. The highest BCUT2D eigenvalue weighted by atomic mass is 16.3. The number of carbonyl (C=O) groups excluding carboxylic acids is 1. The minimum absolute atomic E-state index is 0.0257. The largest absolute Gasteiger partial charge is 0.380 e. The molecule has 0 radical (unpaired) electrons. The summed E-state index contributed by atoms with van der Waals surface area (Å²) in [7, 11) is 0. The molecular formula is C20H23NO2. The number of aliphatic hydroxyl groups is 1. The molecule has 1 heterocycles. The van der Waals surface area contributed by atoms with E-state index in [1.54, 1.807) is 0 Å². The normalized spacial score (nSPS) is 16.3. The summed E-state index contributed by atoms with van der Waals surface area (Å²) in [5, 5.41) is 11.6. The third kappa shape index (κ3) is 2.89. The molecule has 1 aliphatic rings. The zero-order chi connectivity index (χ0) is 16.3. The minimum Gasteiger partial charge on any atom is -0.380 e. The first-order valence-corrected chi connectivity index (χ1v) is 8.26. The Morgan fingerprint density at radius 1 is 0.957 bits per heavy atom. The van der Waals surface area contributed by atoms with Gasteiger partial charge in [0.2, 0.25) is 5.91 Å². The van der Waals surface area contributed by atoms with Crippen LogP contribution >= 0.6 is 0 Å². The van der Waals surface area contributed by atoms with Crippen LogP contribution in [0.3, 0.4) is 0 Å². The van der Waals surface area contributed by atoms with Crippen molar-refractivity contribution in [2.45, 2.75) is 25.4 Å². The highest BCUT2D eigenvalue weighted by molar-refractivity contribution is 5.81. The quantitative estimate of drug-likeness (QED) is 0.942. The number of hydrogen-bond donors (Lipinski definition) is 1. The van der Waals surface area contributed by atoms with Crippen LogP contribution in [0.4, 0.5) is 0 Å². The number of benzene rings is 2. The molecule has 3 nitrogen and oxygen atoms in total. The maximum atomic E-state index is 12.9.